The fourth-order valence-corrected chi connectivity index (χ4v) is 2.27. The largest absolute Gasteiger partial charge is 0.310 e. The first-order valence-corrected chi connectivity index (χ1v) is 7.28. The minimum atomic E-state index is -0.00451. The molecular formula is C15H23N5. The van der Waals surface area contributed by atoms with Crippen LogP contribution in [-0.4, -0.2) is 26.0 Å². The molecule has 2 heterocycles. The van der Waals surface area contributed by atoms with Crippen molar-refractivity contribution in [1.29, 1.82) is 0 Å². The van der Waals surface area contributed by atoms with Crippen LogP contribution in [0.1, 0.15) is 44.9 Å². The molecule has 3 rings (SSSR count). The van der Waals surface area contributed by atoms with Crippen LogP contribution in [0, 0.1) is 6.92 Å². The second-order valence-corrected chi connectivity index (χ2v) is 6.67. The number of rotatable bonds is 4. The zero-order valence-corrected chi connectivity index (χ0v) is 12.7. The van der Waals surface area contributed by atoms with Gasteiger partial charge in [0.05, 0.1) is 23.1 Å². The van der Waals surface area contributed by atoms with Gasteiger partial charge in [-0.05, 0) is 40.5 Å². The monoisotopic (exact) mass is 273 g/mol. The summed E-state index contributed by atoms with van der Waals surface area (Å²) in [6, 6.07) is 0.705. The molecule has 2 aromatic rings. The van der Waals surface area contributed by atoms with Gasteiger partial charge in [0.1, 0.15) is 0 Å². The highest BCUT2D eigenvalue weighted by atomic mass is 15.3. The molecule has 0 atom stereocenters. The lowest BCUT2D eigenvalue weighted by atomic mass is 10.1. The maximum atomic E-state index is 4.64. The number of aryl methyl sites for hydroxylation is 1. The van der Waals surface area contributed by atoms with Crippen molar-refractivity contribution >= 4 is 0 Å². The highest BCUT2D eigenvalue weighted by Crippen LogP contribution is 2.27. The van der Waals surface area contributed by atoms with Crippen LogP contribution < -0.4 is 5.32 Å². The number of H-pyrrole nitrogens is 1. The van der Waals surface area contributed by atoms with Gasteiger partial charge in [0.2, 0.25) is 0 Å². The molecule has 20 heavy (non-hydrogen) atoms. The molecule has 0 aliphatic heterocycles. The molecule has 0 saturated heterocycles. The van der Waals surface area contributed by atoms with Crippen molar-refractivity contribution in [3.05, 3.63) is 23.7 Å². The van der Waals surface area contributed by atoms with E-state index in [9.17, 15) is 0 Å². The Morgan fingerprint density at radius 1 is 1.40 bits per heavy atom. The number of nitrogens with zero attached hydrogens (tertiary/aromatic N) is 3. The van der Waals surface area contributed by atoms with Crippen LogP contribution in [0.2, 0.25) is 0 Å². The van der Waals surface area contributed by atoms with E-state index in [1.807, 2.05) is 10.9 Å². The van der Waals surface area contributed by atoms with E-state index in [2.05, 4.69) is 54.5 Å². The van der Waals surface area contributed by atoms with Gasteiger partial charge in [0, 0.05) is 29.9 Å². The average Bonchev–Trinajstić information content (AvgIpc) is 2.93. The number of nitrogens with one attached hydrogen (secondary N) is 2. The Morgan fingerprint density at radius 2 is 2.15 bits per heavy atom. The number of aromatic nitrogens is 4. The van der Waals surface area contributed by atoms with Crippen LogP contribution in [0.5, 0.6) is 0 Å². The molecule has 108 valence electrons. The topological polar surface area (TPSA) is 58.5 Å². The second kappa shape index (κ2) is 4.74. The lowest BCUT2D eigenvalue weighted by molar-refractivity contribution is 0.354. The van der Waals surface area contributed by atoms with Crippen molar-refractivity contribution in [3.63, 3.8) is 0 Å². The molecule has 1 saturated carbocycles. The average molecular weight is 273 g/mol. The van der Waals surface area contributed by atoms with Crippen LogP contribution in [0.15, 0.2) is 12.4 Å². The molecule has 2 aromatic heterocycles. The van der Waals surface area contributed by atoms with E-state index in [0.717, 1.165) is 23.5 Å². The van der Waals surface area contributed by atoms with Crippen molar-refractivity contribution in [2.45, 2.75) is 58.7 Å². The van der Waals surface area contributed by atoms with E-state index in [-0.39, 0.29) is 5.54 Å². The molecule has 1 aliphatic carbocycles. The van der Waals surface area contributed by atoms with Crippen molar-refractivity contribution in [2.24, 2.45) is 0 Å². The molecule has 2 N–H and O–H groups in total. The predicted octanol–water partition coefficient (Wildman–Crippen LogP) is 2.59. The van der Waals surface area contributed by atoms with Gasteiger partial charge in [-0.25, -0.2) is 0 Å². The fraction of sp³-hybridized carbons (Fsp3) is 0.600. The van der Waals surface area contributed by atoms with Gasteiger partial charge in [-0.15, -0.1) is 0 Å². The third-order valence-corrected chi connectivity index (χ3v) is 3.73. The summed E-state index contributed by atoms with van der Waals surface area (Å²) in [6.45, 7) is 9.40. The fourth-order valence-electron chi connectivity index (χ4n) is 2.27. The number of hydrogen-bond acceptors (Lipinski definition) is 3. The molecule has 0 unspecified atom stereocenters. The smallest absolute Gasteiger partial charge is 0.0729 e. The summed E-state index contributed by atoms with van der Waals surface area (Å²) in [4.78, 5) is 0. The van der Waals surface area contributed by atoms with Gasteiger partial charge in [0.25, 0.3) is 0 Å². The van der Waals surface area contributed by atoms with Gasteiger partial charge >= 0.3 is 0 Å². The lowest BCUT2D eigenvalue weighted by Gasteiger charge is -2.18. The third kappa shape index (κ3) is 2.63. The molecular weight excluding hydrogens is 250 g/mol. The van der Waals surface area contributed by atoms with E-state index >= 15 is 0 Å². The van der Waals surface area contributed by atoms with Crippen molar-refractivity contribution in [1.82, 2.24) is 25.3 Å². The highest BCUT2D eigenvalue weighted by Gasteiger charge is 2.22. The van der Waals surface area contributed by atoms with Gasteiger partial charge in [-0.3, -0.25) is 9.78 Å². The molecule has 1 fully saturated rings. The van der Waals surface area contributed by atoms with Gasteiger partial charge in [-0.1, -0.05) is 0 Å². The summed E-state index contributed by atoms with van der Waals surface area (Å²) in [5.74, 6) is 0. The number of aromatic amines is 1. The van der Waals surface area contributed by atoms with Gasteiger partial charge in [-0.2, -0.15) is 10.2 Å². The van der Waals surface area contributed by atoms with E-state index in [0.29, 0.717) is 6.04 Å². The van der Waals surface area contributed by atoms with Crippen molar-refractivity contribution in [2.75, 3.05) is 0 Å². The Balaban J connectivity index is 1.88. The van der Waals surface area contributed by atoms with E-state index in [1.54, 1.807) is 0 Å². The third-order valence-electron chi connectivity index (χ3n) is 3.73. The molecule has 0 amide bonds. The van der Waals surface area contributed by atoms with Crippen molar-refractivity contribution < 1.29 is 0 Å². The summed E-state index contributed by atoms with van der Waals surface area (Å²) >= 11 is 0. The SMILES string of the molecule is Cc1nn(C(C)(C)C)cc1-c1[nH]ncc1CNC1CC1. The van der Waals surface area contributed by atoms with E-state index in [1.165, 1.54) is 18.4 Å². The zero-order valence-electron chi connectivity index (χ0n) is 12.7. The Labute approximate surface area is 119 Å². The standard InChI is InChI=1S/C15H23N5/c1-10-13(9-20(19-10)15(2,3)4)14-11(8-17-18-14)7-16-12-5-6-12/h8-9,12,16H,5-7H2,1-4H3,(H,17,18). The summed E-state index contributed by atoms with van der Waals surface area (Å²) < 4.78 is 2.02. The first-order valence-electron chi connectivity index (χ1n) is 7.28. The zero-order chi connectivity index (χ0) is 14.3. The quantitative estimate of drug-likeness (QED) is 0.900. The Bertz CT molecular complexity index is 598. The first-order chi connectivity index (χ1) is 9.45. The van der Waals surface area contributed by atoms with Crippen LogP contribution in [-0.2, 0) is 12.1 Å². The van der Waals surface area contributed by atoms with Gasteiger partial charge in [0.15, 0.2) is 0 Å². The maximum absolute atomic E-state index is 4.64. The maximum Gasteiger partial charge on any atom is 0.0729 e. The molecule has 0 radical (unpaired) electrons. The molecule has 0 spiro atoms. The molecule has 5 heteroatoms. The summed E-state index contributed by atoms with van der Waals surface area (Å²) in [5, 5.41) is 15.5. The van der Waals surface area contributed by atoms with E-state index in [4.69, 9.17) is 0 Å². The normalized spacial score (nSPS) is 15.8. The van der Waals surface area contributed by atoms with E-state index < -0.39 is 0 Å². The summed E-state index contributed by atoms with van der Waals surface area (Å²) in [6.07, 6.45) is 6.63. The molecule has 0 bridgehead atoms. The molecule has 1 aliphatic rings. The minimum Gasteiger partial charge on any atom is -0.310 e. The minimum absolute atomic E-state index is 0.00451. The Morgan fingerprint density at radius 3 is 2.75 bits per heavy atom. The van der Waals surface area contributed by atoms with Gasteiger partial charge < -0.3 is 5.32 Å². The van der Waals surface area contributed by atoms with Crippen LogP contribution >= 0.6 is 0 Å². The predicted molar refractivity (Wildman–Crippen MR) is 79.4 cm³/mol. The summed E-state index contributed by atoms with van der Waals surface area (Å²) in [5.41, 5.74) is 4.48. The first kappa shape index (κ1) is 13.4. The molecule has 0 aromatic carbocycles. The summed E-state index contributed by atoms with van der Waals surface area (Å²) in [7, 11) is 0. The van der Waals surface area contributed by atoms with Crippen LogP contribution in [0.4, 0.5) is 0 Å². The van der Waals surface area contributed by atoms with Crippen molar-refractivity contribution in [3.8, 4) is 11.3 Å². The lowest BCUT2D eigenvalue weighted by Crippen LogP contribution is -2.22. The number of hydrogen-bond donors (Lipinski definition) is 2. The Hall–Kier alpha value is -1.62. The Kier molecular flexibility index (Phi) is 3.17. The molecule has 5 nitrogen and oxygen atoms in total. The second-order valence-electron chi connectivity index (χ2n) is 6.67. The van der Waals surface area contributed by atoms with Crippen LogP contribution in [0.3, 0.4) is 0 Å². The van der Waals surface area contributed by atoms with Crippen LogP contribution in [0.25, 0.3) is 11.3 Å². The highest BCUT2D eigenvalue weighted by molar-refractivity contribution is 5.64.